The van der Waals surface area contributed by atoms with Gasteiger partial charge in [-0.2, -0.15) is 9.97 Å². The molecule has 2 atom stereocenters. The Morgan fingerprint density at radius 2 is 1.96 bits per heavy atom. The van der Waals surface area contributed by atoms with Crippen LogP contribution in [-0.2, 0) is 4.74 Å². The third-order valence-electron chi connectivity index (χ3n) is 5.21. The van der Waals surface area contributed by atoms with Crippen LogP contribution in [0.4, 0.5) is 23.3 Å². The Kier molecular flexibility index (Phi) is 6.27. The second-order valence-electron chi connectivity index (χ2n) is 7.75. The number of ether oxygens (including phenoxy) is 1. The van der Waals surface area contributed by atoms with Crippen molar-refractivity contribution in [1.82, 2.24) is 9.97 Å². The number of nitro groups is 1. The van der Waals surface area contributed by atoms with Crippen molar-refractivity contribution in [3.8, 4) is 0 Å². The van der Waals surface area contributed by atoms with Crippen LogP contribution in [0.25, 0.3) is 0 Å². The number of quaternary nitrogens is 1. The van der Waals surface area contributed by atoms with Gasteiger partial charge in [-0.3, -0.25) is 10.1 Å². The summed E-state index contributed by atoms with van der Waals surface area (Å²) in [6.45, 7) is 10.9. The summed E-state index contributed by atoms with van der Waals surface area (Å²) in [5, 5.41) is 14.8. The molecule has 0 bridgehead atoms. The van der Waals surface area contributed by atoms with Crippen LogP contribution in [0.15, 0.2) is 0 Å². The van der Waals surface area contributed by atoms with E-state index in [-0.39, 0.29) is 11.5 Å². The van der Waals surface area contributed by atoms with Gasteiger partial charge >= 0.3 is 5.69 Å². The van der Waals surface area contributed by atoms with Crippen molar-refractivity contribution in [2.24, 2.45) is 11.8 Å². The summed E-state index contributed by atoms with van der Waals surface area (Å²) in [7, 11) is 0. The fourth-order valence-electron chi connectivity index (χ4n) is 4.03. The van der Waals surface area contributed by atoms with Crippen molar-refractivity contribution in [1.29, 1.82) is 0 Å². The van der Waals surface area contributed by atoms with Crippen LogP contribution in [0.3, 0.4) is 0 Å². The monoisotopic (exact) mass is 380 g/mol. The van der Waals surface area contributed by atoms with Crippen molar-refractivity contribution in [3.63, 3.8) is 0 Å². The first-order valence-electron chi connectivity index (χ1n) is 9.66. The molecule has 10 nitrogen and oxygen atoms in total. The van der Waals surface area contributed by atoms with Gasteiger partial charge in [0.15, 0.2) is 0 Å². The van der Waals surface area contributed by atoms with E-state index in [2.05, 4.69) is 29.1 Å². The zero-order valence-corrected chi connectivity index (χ0v) is 16.1. The van der Waals surface area contributed by atoms with Crippen LogP contribution in [0.1, 0.15) is 20.3 Å². The molecular weight excluding hydrogens is 350 g/mol. The Hall–Kier alpha value is -2.20. The molecule has 1 aromatic rings. The average molecular weight is 380 g/mol. The first kappa shape index (κ1) is 19.6. The van der Waals surface area contributed by atoms with Gasteiger partial charge in [0.1, 0.15) is 13.1 Å². The maximum Gasteiger partial charge on any atom is 0.353 e. The van der Waals surface area contributed by atoms with E-state index in [4.69, 9.17) is 10.5 Å². The molecule has 3 rings (SSSR count). The number of nitrogen functional groups attached to an aromatic ring is 1. The van der Waals surface area contributed by atoms with E-state index in [0.29, 0.717) is 30.1 Å². The highest BCUT2D eigenvalue weighted by Crippen LogP contribution is 2.35. The fourth-order valence-corrected chi connectivity index (χ4v) is 4.03. The zero-order valence-electron chi connectivity index (χ0n) is 16.1. The van der Waals surface area contributed by atoms with Gasteiger partial charge < -0.3 is 25.6 Å². The topological polar surface area (TPSA) is 124 Å². The number of nitrogens with zero attached hydrogens (tertiary/aromatic N) is 4. The summed E-state index contributed by atoms with van der Waals surface area (Å²) in [5.41, 5.74) is 5.74. The molecule has 10 heteroatoms. The quantitative estimate of drug-likeness (QED) is 0.457. The van der Waals surface area contributed by atoms with E-state index in [9.17, 15) is 10.1 Å². The molecule has 0 saturated carbocycles. The summed E-state index contributed by atoms with van der Waals surface area (Å²) in [6, 6.07) is 0. The van der Waals surface area contributed by atoms with Crippen molar-refractivity contribution < 1.29 is 14.6 Å². The molecule has 2 saturated heterocycles. The normalized spacial score (nSPS) is 24.0. The third kappa shape index (κ3) is 4.95. The molecule has 0 spiro atoms. The summed E-state index contributed by atoms with van der Waals surface area (Å²) in [5.74, 6) is 1.49. The zero-order chi connectivity index (χ0) is 19.4. The minimum atomic E-state index is -0.476. The fraction of sp³-hybridized carbons (Fsp3) is 0.765. The maximum absolute atomic E-state index is 11.6. The molecule has 0 aliphatic carbocycles. The molecule has 0 radical (unpaired) electrons. The number of morpholine rings is 1. The molecule has 2 fully saturated rings. The number of piperidine rings is 1. The predicted octanol–water partition coefficient (Wildman–Crippen LogP) is -0.224. The number of aromatic nitrogens is 2. The number of anilines is 3. The molecule has 0 unspecified atom stereocenters. The van der Waals surface area contributed by atoms with Gasteiger partial charge in [0.2, 0.25) is 17.6 Å². The molecule has 0 aromatic carbocycles. The Morgan fingerprint density at radius 3 is 2.59 bits per heavy atom. The standard InChI is InChI=1S/C17H29N7O3/c1-12-9-13(2)11-23(10-12)16-14(24(25)26)15(18)20-17(21-16)19-3-4-22-5-7-27-8-6-22/h12-13H,3-11H2,1-2H3,(H3,18,19,20,21)/p+1/t12-,13-/m0/s1. The largest absolute Gasteiger partial charge is 0.378 e. The average Bonchev–Trinajstić information content (AvgIpc) is 2.61. The number of rotatable bonds is 6. The van der Waals surface area contributed by atoms with E-state index in [1.165, 1.54) is 4.90 Å². The van der Waals surface area contributed by atoms with E-state index < -0.39 is 4.92 Å². The minimum absolute atomic E-state index is 0.0860. The van der Waals surface area contributed by atoms with Crippen molar-refractivity contribution in [2.75, 3.05) is 68.4 Å². The summed E-state index contributed by atoms with van der Waals surface area (Å²) >= 11 is 0. The van der Waals surface area contributed by atoms with Crippen LogP contribution in [0.5, 0.6) is 0 Å². The molecule has 2 aliphatic rings. The molecule has 1 aromatic heterocycles. The van der Waals surface area contributed by atoms with Crippen molar-refractivity contribution in [3.05, 3.63) is 10.1 Å². The smallest absolute Gasteiger partial charge is 0.353 e. The Morgan fingerprint density at radius 1 is 1.30 bits per heavy atom. The molecular formula is C17H30N7O3+. The van der Waals surface area contributed by atoms with Gasteiger partial charge in [-0.25, -0.2) is 0 Å². The molecule has 3 heterocycles. The Bertz CT molecular complexity index is 656. The van der Waals surface area contributed by atoms with Gasteiger partial charge in [0, 0.05) is 13.1 Å². The van der Waals surface area contributed by atoms with Gasteiger partial charge in [-0.15, -0.1) is 0 Å². The lowest BCUT2D eigenvalue weighted by atomic mass is 9.92. The van der Waals surface area contributed by atoms with Gasteiger partial charge in [-0.1, -0.05) is 13.8 Å². The highest BCUT2D eigenvalue weighted by atomic mass is 16.6. The maximum atomic E-state index is 11.6. The summed E-state index contributed by atoms with van der Waals surface area (Å²) in [6.07, 6.45) is 1.11. The summed E-state index contributed by atoms with van der Waals surface area (Å²) in [4.78, 5) is 23.1. The molecule has 2 aliphatic heterocycles. The van der Waals surface area contributed by atoms with Crippen molar-refractivity contribution in [2.45, 2.75) is 20.3 Å². The number of nitrogens with two attached hydrogens (primary N) is 1. The number of nitrogens with one attached hydrogen (secondary N) is 2. The van der Waals surface area contributed by atoms with Crippen LogP contribution in [0.2, 0.25) is 0 Å². The van der Waals surface area contributed by atoms with E-state index in [0.717, 1.165) is 52.4 Å². The van der Waals surface area contributed by atoms with E-state index >= 15 is 0 Å². The van der Waals surface area contributed by atoms with Crippen LogP contribution in [0, 0.1) is 22.0 Å². The Labute approximate surface area is 159 Å². The third-order valence-corrected chi connectivity index (χ3v) is 5.21. The Balaban J connectivity index is 1.75. The molecule has 4 N–H and O–H groups in total. The second-order valence-corrected chi connectivity index (χ2v) is 7.75. The lowest BCUT2D eigenvalue weighted by Crippen LogP contribution is -3.14. The number of hydrogen-bond acceptors (Lipinski definition) is 8. The van der Waals surface area contributed by atoms with Gasteiger partial charge in [-0.05, 0) is 18.3 Å². The number of hydrogen-bond donors (Lipinski definition) is 3. The van der Waals surface area contributed by atoms with Gasteiger partial charge in [0.25, 0.3) is 0 Å². The highest BCUT2D eigenvalue weighted by molar-refractivity contribution is 5.71. The highest BCUT2D eigenvalue weighted by Gasteiger charge is 2.31. The molecule has 150 valence electrons. The van der Waals surface area contributed by atoms with E-state index in [1.807, 2.05) is 4.90 Å². The van der Waals surface area contributed by atoms with Crippen LogP contribution < -0.4 is 20.9 Å². The van der Waals surface area contributed by atoms with Crippen LogP contribution in [-0.4, -0.2) is 67.4 Å². The van der Waals surface area contributed by atoms with Crippen LogP contribution >= 0.6 is 0 Å². The molecule has 0 amide bonds. The lowest BCUT2D eigenvalue weighted by Gasteiger charge is -2.35. The van der Waals surface area contributed by atoms with E-state index in [1.54, 1.807) is 0 Å². The lowest BCUT2D eigenvalue weighted by molar-refractivity contribution is -0.906. The molecule has 27 heavy (non-hydrogen) atoms. The summed E-state index contributed by atoms with van der Waals surface area (Å²) < 4.78 is 5.36. The predicted molar refractivity (Wildman–Crippen MR) is 103 cm³/mol. The van der Waals surface area contributed by atoms with Crippen molar-refractivity contribution >= 4 is 23.3 Å². The first-order valence-corrected chi connectivity index (χ1v) is 9.66. The SMILES string of the molecule is C[C@H]1C[C@H](C)CN(c2nc(NCC[NH+]3CCOCC3)nc(N)c2[N+](=O)[O-])C1. The first-order chi connectivity index (χ1) is 12.9. The second kappa shape index (κ2) is 8.66. The minimum Gasteiger partial charge on any atom is -0.378 e. The van der Waals surface area contributed by atoms with Gasteiger partial charge in [0.05, 0.1) is 31.2 Å².